The van der Waals surface area contributed by atoms with Crippen molar-refractivity contribution in [1.29, 1.82) is 0 Å². The molecule has 0 saturated heterocycles. The summed E-state index contributed by atoms with van der Waals surface area (Å²) in [5, 5.41) is 0. The van der Waals surface area contributed by atoms with Gasteiger partial charge in [-0.25, -0.2) is 0 Å². The number of carbonyl (C=O) groups excluding carboxylic acids is 1. The van der Waals surface area contributed by atoms with E-state index >= 15 is 0 Å². The summed E-state index contributed by atoms with van der Waals surface area (Å²) in [5.74, 6) is 0.572. The third kappa shape index (κ3) is 2.27. The second-order valence-corrected chi connectivity index (χ2v) is 4.62. The summed E-state index contributed by atoms with van der Waals surface area (Å²) in [6.45, 7) is 4.58. The van der Waals surface area contributed by atoms with Crippen molar-refractivity contribution in [1.82, 2.24) is 4.90 Å². The van der Waals surface area contributed by atoms with E-state index in [0.717, 1.165) is 12.8 Å². The quantitative estimate of drug-likeness (QED) is 0.738. The van der Waals surface area contributed by atoms with Crippen molar-refractivity contribution in [3.8, 4) is 0 Å². The van der Waals surface area contributed by atoms with Gasteiger partial charge in [-0.05, 0) is 25.2 Å². The molecule has 1 amide bonds. The van der Waals surface area contributed by atoms with Gasteiger partial charge in [0.05, 0.1) is 5.92 Å². The highest BCUT2D eigenvalue weighted by Crippen LogP contribution is 2.25. The van der Waals surface area contributed by atoms with Crippen LogP contribution in [0.3, 0.4) is 0 Å². The van der Waals surface area contributed by atoms with E-state index in [1.54, 1.807) is 0 Å². The lowest BCUT2D eigenvalue weighted by atomic mass is 9.89. The van der Waals surface area contributed by atoms with E-state index in [-0.39, 0.29) is 11.8 Å². The van der Waals surface area contributed by atoms with Crippen LogP contribution in [0.25, 0.3) is 0 Å². The molecule has 0 bridgehead atoms. The van der Waals surface area contributed by atoms with Gasteiger partial charge < -0.3 is 10.6 Å². The number of nitrogens with two attached hydrogens (primary N) is 1. The first-order chi connectivity index (χ1) is 6.57. The molecule has 0 radical (unpaired) electrons. The van der Waals surface area contributed by atoms with Gasteiger partial charge in [0.1, 0.15) is 0 Å². The Morgan fingerprint density at radius 2 is 2.07 bits per heavy atom. The molecule has 1 aliphatic carbocycles. The first-order valence-corrected chi connectivity index (χ1v) is 5.54. The standard InChI is InChI=1S/C11H22N2O/c1-8(2)10(7-12)11(14)13(3)9-5-4-6-9/h8-10H,4-7,12H2,1-3H3. The Kier molecular flexibility index (Phi) is 3.93. The molecule has 1 unspecified atom stereocenters. The molecule has 0 aliphatic heterocycles. The number of amides is 1. The van der Waals surface area contributed by atoms with Crippen molar-refractivity contribution >= 4 is 5.91 Å². The Hall–Kier alpha value is -0.570. The lowest BCUT2D eigenvalue weighted by Crippen LogP contribution is -2.47. The number of carbonyl (C=O) groups is 1. The molecule has 3 nitrogen and oxygen atoms in total. The van der Waals surface area contributed by atoms with Crippen LogP contribution in [-0.4, -0.2) is 30.4 Å². The van der Waals surface area contributed by atoms with Crippen LogP contribution in [0, 0.1) is 11.8 Å². The molecule has 1 rings (SSSR count). The maximum Gasteiger partial charge on any atom is 0.227 e. The largest absolute Gasteiger partial charge is 0.342 e. The van der Waals surface area contributed by atoms with Crippen LogP contribution in [0.1, 0.15) is 33.1 Å². The number of hydrogen-bond acceptors (Lipinski definition) is 2. The average molecular weight is 198 g/mol. The fraction of sp³-hybridized carbons (Fsp3) is 0.909. The lowest BCUT2D eigenvalue weighted by molar-refractivity contribution is -0.138. The monoisotopic (exact) mass is 198 g/mol. The van der Waals surface area contributed by atoms with Crippen LogP contribution in [0.5, 0.6) is 0 Å². The molecule has 2 N–H and O–H groups in total. The summed E-state index contributed by atoms with van der Waals surface area (Å²) in [4.78, 5) is 13.9. The van der Waals surface area contributed by atoms with Gasteiger partial charge in [-0.2, -0.15) is 0 Å². The zero-order chi connectivity index (χ0) is 10.7. The third-order valence-corrected chi connectivity index (χ3v) is 3.35. The maximum absolute atomic E-state index is 12.0. The van der Waals surface area contributed by atoms with Gasteiger partial charge in [-0.3, -0.25) is 4.79 Å². The van der Waals surface area contributed by atoms with Crippen LogP contribution in [-0.2, 0) is 4.79 Å². The molecule has 1 saturated carbocycles. The number of nitrogens with zero attached hydrogens (tertiary/aromatic N) is 1. The Morgan fingerprint density at radius 1 is 1.50 bits per heavy atom. The number of rotatable bonds is 4. The predicted octanol–water partition coefficient (Wildman–Crippen LogP) is 1.23. The van der Waals surface area contributed by atoms with Gasteiger partial charge in [0.2, 0.25) is 5.91 Å². The molecule has 0 aromatic rings. The smallest absolute Gasteiger partial charge is 0.227 e. The van der Waals surface area contributed by atoms with Gasteiger partial charge >= 0.3 is 0 Å². The second kappa shape index (κ2) is 4.78. The van der Waals surface area contributed by atoms with Gasteiger partial charge in [0, 0.05) is 19.6 Å². The Labute approximate surface area is 86.6 Å². The summed E-state index contributed by atoms with van der Waals surface area (Å²) < 4.78 is 0. The van der Waals surface area contributed by atoms with Crippen LogP contribution < -0.4 is 5.73 Å². The minimum Gasteiger partial charge on any atom is -0.342 e. The summed E-state index contributed by atoms with van der Waals surface area (Å²) in [7, 11) is 1.91. The summed E-state index contributed by atoms with van der Waals surface area (Å²) >= 11 is 0. The summed E-state index contributed by atoms with van der Waals surface area (Å²) in [6.07, 6.45) is 3.59. The lowest BCUT2D eigenvalue weighted by Gasteiger charge is -2.37. The number of hydrogen-bond donors (Lipinski definition) is 1. The summed E-state index contributed by atoms with van der Waals surface area (Å²) in [6, 6.07) is 0.482. The molecular formula is C11H22N2O. The van der Waals surface area contributed by atoms with Crippen LogP contribution in [0.2, 0.25) is 0 Å². The van der Waals surface area contributed by atoms with Gasteiger partial charge in [-0.1, -0.05) is 13.8 Å². The average Bonchev–Trinajstić information content (AvgIpc) is 2.01. The first-order valence-electron chi connectivity index (χ1n) is 5.54. The molecule has 0 spiro atoms. The first kappa shape index (κ1) is 11.5. The normalized spacial score (nSPS) is 19.2. The van der Waals surface area contributed by atoms with Crippen molar-refractivity contribution < 1.29 is 4.79 Å². The van der Waals surface area contributed by atoms with E-state index in [1.807, 2.05) is 11.9 Å². The topological polar surface area (TPSA) is 46.3 Å². The fourth-order valence-electron chi connectivity index (χ4n) is 1.87. The highest BCUT2D eigenvalue weighted by Gasteiger charge is 2.30. The van der Waals surface area contributed by atoms with Crippen molar-refractivity contribution in [3.05, 3.63) is 0 Å². The molecular weight excluding hydrogens is 176 g/mol. The molecule has 0 aromatic heterocycles. The van der Waals surface area contributed by atoms with E-state index in [9.17, 15) is 4.79 Å². The fourth-order valence-corrected chi connectivity index (χ4v) is 1.87. The van der Waals surface area contributed by atoms with Crippen LogP contribution >= 0.6 is 0 Å². The van der Waals surface area contributed by atoms with Crippen molar-refractivity contribution in [2.45, 2.75) is 39.2 Å². The van der Waals surface area contributed by atoms with E-state index < -0.39 is 0 Å². The third-order valence-electron chi connectivity index (χ3n) is 3.35. The van der Waals surface area contributed by atoms with Gasteiger partial charge in [-0.15, -0.1) is 0 Å². The van der Waals surface area contributed by atoms with E-state index in [2.05, 4.69) is 13.8 Å². The van der Waals surface area contributed by atoms with Gasteiger partial charge in [0.25, 0.3) is 0 Å². The molecule has 14 heavy (non-hydrogen) atoms. The van der Waals surface area contributed by atoms with E-state index in [1.165, 1.54) is 6.42 Å². The highest BCUT2D eigenvalue weighted by molar-refractivity contribution is 5.79. The molecule has 0 heterocycles. The minimum atomic E-state index is 0.000556. The molecule has 82 valence electrons. The molecule has 0 aromatic carbocycles. The molecule has 1 fully saturated rings. The van der Waals surface area contributed by atoms with Crippen LogP contribution in [0.4, 0.5) is 0 Å². The zero-order valence-corrected chi connectivity index (χ0v) is 9.49. The predicted molar refractivity (Wildman–Crippen MR) is 57.8 cm³/mol. The highest BCUT2D eigenvalue weighted by atomic mass is 16.2. The SMILES string of the molecule is CC(C)C(CN)C(=O)N(C)C1CCC1. The van der Waals surface area contributed by atoms with Crippen molar-refractivity contribution in [3.63, 3.8) is 0 Å². The molecule has 1 atom stereocenters. The Balaban J connectivity index is 2.52. The van der Waals surface area contributed by atoms with E-state index in [0.29, 0.717) is 18.5 Å². The summed E-state index contributed by atoms with van der Waals surface area (Å²) in [5.41, 5.74) is 5.62. The maximum atomic E-state index is 12.0. The molecule has 3 heteroatoms. The minimum absolute atomic E-state index is 0.000556. The molecule has 1 aliphatic rings. The van der Waals surface area contributed by atoms with Crippen molar-refractivity contribution in [2.75, 3.05) is 13.6 Å². The van der Waals surface area contributed by atoms with Gasteiger partial charge in [0.15, 0.2) is 0 Å². The van der Waals surface area contributed by atoms with Crippen LogP contribution in [0.15, 0.2) is 0 Å². The Bertz CT molecular complexity index is 199. The Morgan fingerprint density at radius 3 is 2.36 bits per heavy atom. The second-order valence-electron chi connectivity index (χ2n) is 4.62. The van der Waals surface area contributed by atoms with E-state index in [4.69, 9.17) is 5.73 Å². The van der Waals surface area contributed by atoms with Crippen molar-refractivity contribution in [2.24, 2.45) is 17.6 Å². The zero-order valence-electron chi connectivity index (χ0n) is 9.49.